The van der Waals surface area contributed by atoms with Crippen LogP contribution in [0.25, 0.3) is 0 Å². The third-order valence-electron chi connectivity index (χ3n) is 2.84. The highest BCUT2D eigenvalue weighted by Gasteiger charge is 2.24. The maximum Gasteiger partial charge on any atom is 0.254 e. The van der Waals surface area contributed by atoms with E-state index in [0.717, 1.165) is 12.8 Å². The summed E-state index contributed by atoms with van der Waals surface area (Å²) in [6, 6.07) is 5.25. The molecule has 1 aromatic rings. The van der Waals surface area contributed by atoms with E-state index in [0.29, 0.717) is 21.1 Å². The molecule has 0 saturated heterocycles. The van der Waals surface area contributed by atoms with Gasteiger partial charge >= 0.3 is 0 Å². The van der Waals surface area contributed by atoms with Gasteiger partial charge in [-0.2, -0.15) is 0 Å². The number of carbonyl (C=O) groups is 2. The lowest BCUT2D eigenvalue weighted by atomic mass is 10.2. The molecule has 0 unspecified atom stereocenters. The lowest BCUT2D eigenvalue weighted by Gasteiger charge is -2.17. The number of nitrogens with one attached hydrogen (secondary N) is 1. The third kappa shape index (κ3) is 3.94. The lowest BCUT2D eigenvalue weighted by Crippen LogP contribution is -2.39. The molecule has 1 N–H and O–H groups in total. The molecule has 1 aliphatic rings. The first-order valence-electron chi connectivity index (χ1n) is 5.97. The lowest BCUT2D eigenvalue weighted by molar-refractivity contribution is -0.121. The smallest absolute Gasteiger partial charge is 0.254 e. The Hall–Kier alpha value is -1.07. The zero-order chi connectivity index (χ0) is 14.0. The van der Waals surface area contributed by atoms with E-state index in [1.165, 1.54) is 4.90 Å². The van der Waals surface area contributed by atoms with E-state index in [2.05, 4.69) is 21.2 Å². The van der Waals surface area contributed by atoms with Gasteiger partial charge in [0, 0.05) is 23.1 Å². The number of hydrogen-bond acceptors (Lipinski definition) is 2. The quantitative estimate of drug-likeness (QED) is 0.911. The van der Waals surface area contributed by atoms with Crippen molar-refractivity contribution in [1.82, 2.24) is 10.2 Å². The minimum Gasteiger partial charge on any atom is -0.352 e. The second-order valence-corrected chi connectivity index (χ2v) is 5.89. The molecule has 19 heavy (non-hydrogen) atoms. The molecule has 0 aromatic heterocycles. The average molecular weight is 346 g/mol. The summed E-state index contributed by atoms with van der Waals surface area (Å²) in [6.45, 7) is 0.0651. The number of hydrogen-bond donors (Lipinski definition) is 1. The Balaban J connectivity index is 1.97. The molecular weight excluding hydrogens is 332 g/mol. The number of benzene rings is 1. The first-order valence-corrected chi connectivity index (χ1v) is 7.14. The van der Waals surface area contributed by atoms with Crippen LogP contribution in [0.1, 0.15) is 23.2 Å². The van der Waals surface area contributed by atoms with E-state index in [1.54, 1.807) is 25.2 Å². The molecule has 1 aliphatic carbocycles. The van der Waals surface area contributed by atoms with Gasteiger partial charge in [0.2, 0.25) is 5.91 Å². The first kappa shape index (κ1) is 14.3. The number of likely N-dealkylation sites (N-methyl/N-ethyl adjacent to an activating group) is 1. The van der Waals surface area contributed by atoms with E-state index >= 15 is 0 Å². The van der Waals surface area contributed by atoms with Crippen LogP contribution in [0.2, 0.25) is 5.02 Å². The van der Waals surface area contributed by atoms with Crippen molar-refractivity contribution in [2.24, 2.45) is 0 Å². The summed E-state index contributed by atoms with van der Waals surface area (Å²) in [4.78, 5) is 25.1. The second-order valence-electron chi connectivity index (χ2n) is 4.63. The van der Waals surface area contributed by atoms with Crippen LogP contribution in [0.5, 0.6) is 0 Å². The molecule has 1 aromatic carbocycles. The van der Waals surface area contributed by atoms with Gasteiger partial charge in [-0.1, -0.05) is 11.6 Å². The normalized spacial score (nSPS) is 14.1. The van der Waals surface area contributed by atoms with Crippen LogP contribution in [-0.2, 0) is 4.79 Å². The zero-order valence-electron chi connectivity index (χ0n) is 10.5. The molecule has 0 bridgehead atoms. The highest BCUT2D eigenvalue weighted by Crippen LogP contribution is 2.23. The van der Waals surface area contributed by atoms with Gasteiger partial charge in [-0.05, 0) is 47.0 Å². The van der Waals surface area contributed by atoms with Crippen molar-refractivity contribution >= 4 is 39.3 Å². The summed E-state index contributed by atoms with van der Waals surface area (Å²) in [6.07, 6.45) is 2.07. The molecule has 4 nitrogen and oxygen atoms in total. The van der Waals surface area contributed by atoms with Crippen molar-refractivity contribution in [3.8, 4) is 0 Å². The number of nitrogens with zero attached hydrogens (tertiary/aromatic N) is 1. The summed E-state index contributed by atoms with van der Waals surface area (Å²) < 4.78 is 0.663. The van der Waals surface area contributed by atoms with Crippen molar-refractivity contribution < 1.29 is 9.59 Å². The maximum absolute atomic E-state index is 12.1. The topological polar surface area (TPSA) is 49.4 Å². The van der Waals surface area contributed by atoms with Crippen molar-refractivity contribution in [2.45, 2.75) is 18.9 Å². The number of halogens is 2. The Kier molecular flexibility index (Phi) is 4.47. The molecule has 1 fully saturated rings. The van der Waals surface area contributed by atoms with Crippen LogP contribution in [0.4, 0.5) is 0 Å². The van der Waals surface area contributed by atoms with E-state index in [9.17, 15) is 9.59 Å². The van der Waals surface area contributed by atoms with E-state index in [4.69, 9.17) is 11.6 Å². The van der Waals surface area contributed by atoms with Gasteiger partial charge in [-0.3, -0.25) is 9.59 Å². The Bertz CT molecular complexity index is 517. The molecule has 0 radical (unpaired) electrons. The predicted molar refractivity (Wildman–Crippen MR) is 77.3 cm³/mol. The number of rotatable bonds is 4. The number of amides is 2. The monoisotopic (exact) mass is 344 g/mol. The summed E-state index contributed by atoms with van der Waals surface area (Å²) in [7, 11) is 1.61. The molecule has 6 heteroatoms. The van der Waals surface area contributed by atoms with Gasteiger partial charge in [0.15, 0.2) is 0 Å². The van der Waals surface area contributed by atoms with Crippen LogP contribution in [0, 0.1) is 0 Å². The number of carbonyl (C=O) groups excluding carboxylic acids is 2. The second kappa shape index (κ2) is 5.92. The summed E-state index contributed by atoms with van der Waals surface area (Å²) in [5.41, 5.74) is 0.498. The van der Waals surface area contributed by atoms with Gasteiger partial charge in [-0.25, -0.2) is 0 Å². The summed E-state index contributed by atoms with van der Waals surface area (Å²) in [5, 5.41) is 3.40. The Morgan fingerprint density at radius 2 is 2.16 bits per heavy atom. The molecule has 0 heterocycles. The van der Waals surface area contributed by atoms with Crippen LogP contribution < -0.4 is 5.32 Å². The average Bonchev–Trinajstić information content (AvgIpc) is 3.15. The fraction of sp³-hybridized carbons (Fsp3) is 0.385. The minimum absolute atomic E-state index is 0.0651. The van der Waals surface area contributed by atoms with Gasteiger partial charge in [0.25, 0.3) is 5.91 Å². The van der Waals surface area contributed by atoms with E-state index in [1.807, 2.05) is 0 Å². The highest BCUT2D eigenvalue weighted by molar-refractivity contribution is 9.10. The van der Waals surface area contributed by atoms with Crippen molar-refractivity contribution in [3.05, 3.63) is 33.3 Å². The molecule has 0 spiro atoms. The Labute approximate surface area is 125 Å². The third-order valence-corrected chi connectivity index (χ3v) is 4.05. The van der Waals surface area contributed by atoms with Crippen LogP contribution >= 0.6 is 27.5 Å². The molecule has 102 valence electrons. The molecule has 2 amide bonds. The minimum atomic E-state index is -0.205. The fourth-order valence-electron chi connectivity index (χ4n) is 1.64. The molecule has 0 atom stereocenters. The zero-order valence-corrected chi connectivity index (χ0v) is 12.8. The van der Waals surface area contributed by atoms with Gasteiger partial charge in [0.1, 0.15) is 0 Å². The SMILES string of the molecule is CN(CC(=O)NC1CC1)C(=O)c1ccc(Cl)c(Br)c1. The Morgan fingerprint density at radius 3 is 2.74 bits per heavy atom. The van der Waals surface area contributed by atoms with Gasteiger partial charge in [-0.15, -0.1) is 0 Å². The van der Waals surface area contributed by atoms with Crippen LogP contribution in [0.3, 0.4) is 0 Å². The largest absolute Gasteiger partial charge is 0.352 e. The standard InChI is InChI=1S/C13H14BrClN2O2/c1-17(7-12(18)16-9-3-4-9)13(19)8-2-5-11(15)10(14)6-8/h2,5-6,9H,3-4,7H2,1H3,(H,16,18). The summed E-state index contributed by atoms with van der Waals surface area (Å²) in [5.74, 6) is -0.324. The first-order chi connectivity index (χ1) is 8.97. The van der Waals surface area contributed by atoms with Crippen LogP contribution in [0.15, 0.2) is 22.7 Å². The molecular formula is C13H14BrClN2O2. The maximum atomic E-state index is 12.1. The predicted octanol–water partition coefficient (Wildman–Crippen LogP) is 2.45. The fourth-order valence-corrected chi connectivity index (χ4v) is 2.13. The van der Waals surface area contributed by atoms with Gasteiger partial charge in [0.05, 0.1) is 11.6 Å². The van der Waals surface area contributed by atoms with Gasteiger partial charge < -0.3 is 10.2 Å². The van der Waals surface area contributed by atoms with Crippen molar-refractivity contribution in [2.75, 3.05) is 13.6 Å². The van der Waals surface area contributed by atoms with E-state index in [-0.39, 0.29) is 18.4 Å². The Morgan fingerprint density at radius 1 is 1.47 bits per heavy atom. The van der Waals surface area contributed by atoms with Crippen molar-refractivity contribution in [3.63, 3.8) is 0 Å². The molecule has 0 aliphatic heterocycles. The summed E-state index contributed by atoms with van der Waals surface area (Å²) >= 11 is 9.15. The molecule has 1 saturated carbocycles. The van der Waals surface area contributed by atoms with Crippen molar-refractivity contribution in [1.29, 1.82) is 0 Å². The highest BCUT2D eigenvalue weighted by atomic mass is 79.9. The van der Waals surface area contributed by atoms with Crippen LogP contribution in [-0.4, -0.2) is 36.3 Å². The van der Waals surface area contributed by atoms with E-state index < -0.39 is 0 Å². The molecule has 2 rings (SSSR count).